The molecule has 0 heterocycles. The Morgan fingerprint density at radius 2 is 2.05 bits per heavy atom. The van der Waals surface area contributed by atoms with E-state index in [1.54, 1.807) is 0 Å². The van der Waals surface area contributed by atoms with Crippen LogP contribution in [0.1, 0.15) is 44.6 Å². The van der Waals surface area contributed by atoms with E-state index >= 15 is 0 Å². The molecule has 20 heavy (non-hydrogen) atoms. The van der Waals surface area contributed by atoms with Gasteiger partial charge in [0.05, 0.1) is 6.10 Å². The summed E-state index contributed by atoms with van der Waals surface area (Å²) in [7, 11) is 0. The Morgan fingerprint density at radius 1 is 1.35 bits per heavy atom. The predicted octanol–water partition coefficient (Wildman–Crippen LogP) is 2.82. The lowest BCUT2D eigenvalue weighted by molar-refractivity contribution is -0.131. The van der Waals surface area contributed by atoms with E-state index in [-0.39, 0.29) is 12.0 Å². The number of hydrogen-bond donors (Lipinski definition) is 2. The van der Waals surface area contributed by atoms with Crippen LogP contribution in [0.5, 0.6) is 0 Å². The zero-order valence-electron chi connectivity index (χ0n) is 12.1. The highest BCUT2D eigenvalue weighted by Crippen LogP contribution is 2.22. The molecule has 1 aromatic rings. The quantitative estimate of drug-likeness (QED) is 0.869. The molecule has 4 nitrogen and oxygen atoms in total. The number of carbonyl (C=O) groups excluding carboxylic acids is 1. The van der Waals surface area contributed by atoms with Crippen LogP contribution < -0.4 is 11.1 Å². The van der Waals surface area contributed by atoms with E-state index in [0.29, 0.717) is 6.54 Å². The molecular weight excluding hydrogens is 252 g/mol. The number of nitrogens with two attached hydrogens (primary N) is 1. The van der Waals surface area contributed by atoms with Gasteiger partial charge in [-0.15, -0.1) is 0 Å². The number of benzene rings is 1. The molecule has 1 atom stereocenters. The third-order valence-electron chi connectivity index (χ3n) is 3.81. The summed E-state index contributed by atoms with van der Waals surface area (Å²) in [5.74, 6) is -0.100. The van der Waals surface area contributed by atoms with E-state index < -0.39 is 6.10 Å². The van der Waals surface area contributed by atoms with Crippen molar-refractivity contribution >= 4 is 11.6 Å². The number of amides is 1. The van der Waals surface area contributed by atoms with Gasteiger partial charge in [0.1, 0.15) is 6.10 Å². The van der Waals surface area contributed by atoms with E-state index in [4.69, 9.17) is 10.5 Å². The molecule has 0 radical (unpaired) electrons. The van der Waals surface area contributed by atoms with Crippen LogP contribution >= 0.6 is 0 Å². The van der Waals surface area contributed by atoms with Gasteiger partial charge in [0.2, 0.25) is 0 Å². The van der Waals surface area contributed by atoms with Crippen LogP contribution in [0.4, 0.5) is 5.69 Å². The number of para-hydroxylation sites is 1. The maximum absolute atomic E-state index is 12.2. The number of nitrogens with one attached hydrogen (secondary N) is 1. The lowest BCUT2D eigenvalue weighted by atomic mass is 9.97. The first-order valence-electron chi connectivity index (χ1n) is 7.45. The summed E-state index contributed by atoms with van der Waals surface area (Å²) in [5, 5.41) is 2.91. The topological polar surface area (TPSA) is 64.3 Å². The summed E-state index contributed by atoms with van der Waals surface area (Å²) in [5.41, 5.74) is 7.38. The van der Waals surface area contributed by atoms with E-state index in [1.165, 1.54) is 19.3 Å². The Kier molecular flexibility index (Phi) is 5.56. The highest BCUT2D eigenvalue weighted by atomic mass is 16.5. The largest absolute Gasteiger partial charge is 0.365 e. The molecule has 1 saturated carbocycles. The van der Waals surface area contributed by atoms with Gasteiger partial charge in [-0.1, -0.05) is 37.5 Å². The molecule has 0 bridgehead atoms. The van der Waals surface area contributed by atoms with Crippen LogP contribution in [-0.4, -0.2) is 18.1 Å². The van der Waals surface area contributed by atoms with Gasteiger partial charge in [-0.3, -0.25) is 4.79 Å². The zero-order chi connectivity index (χ0) is 14.4. The average Bonchev–Trinajstić information content (AvgIpc) is 2.48. The summed E-state index contributed by atoms with van der Waals surface area (Å²) in [6.45, 7) is 2.23. The van der Waals surface area contributed by atoms with Crippen LogP contribution in [0.15, 0.2) is 24.3 Å². The van der Waals surface area contributed by atoms with Crippen LogP contribution in [0, 0.1) is 0 Å². The molecule has 1 unspecified atom stereocenters. The molecule has 1 fully saturated rings. The third-order valence-corrected chi connectivity index (χ3v) is 3.81. The molecule has 0 saturated heterocycles. The smallest absolute Gasteiger partial charge is 0.253 e. The van der Waals surface area contributed by atoms with E-state index in [9.17, 15) is 4.79 Å². The van der Waals surface area contributed by atoms with Crippen molar-refractivity contribution in [1.29, 1.82) is 0 Å². The number of rotatable bonds is 5. The highest BCUT2D eigenvalue weighted by molar-refractivity contribution is 5.94. The molecule has 2 rings (SSSR count). The van der Waals surface area contributed by atoms with Gasteiger partial charge < -0.3 is 15.8 Å². The summed E-state index contributed by atoms with van der Waals surface area (Å²) in [6.07, 6.45) is 5.63. The fraction of sp³-hybridized carbons (Fsp3) is 0.562. The van der Waals surface area contributed by atoms with Gasteiger partial charge in [0, 0.05) is 12.2 Å². The molecule has 4 heteroatoms. The Balaban J connectivity index is 1.90. The SMILES string of the molecule is CC(OC1CCCCC1)C(=O)Nc1ccccc1CN. The van der Waals surface area contributed by atoms with Crippen molar-refractivity contribution in [3.63, 3.8) is 0 Å². The van der Waals surface area contributed by atoms with Crippen LogP contribution in [0.25, 0.3) is 0 Å². The van der Waals surface area contributed by atoms with Gasteiger partial charge >= 0.3 is 0 Å². The molecule has 0 spiro atoms. The third kappa shape index (κ3) is 4.05. The molecule has 1 aliphatic carbocycles. The van der Waals surface area contributed by atoms with Crippen molar-refractivity contribution in [2.75, 3.05) is 5.32 Å². The van der Waals surface area contributed by atoms with Gasteiger partial charge in [-0.25, -0.2) is 0 Å². The molecule has 1 amide bonds. The van der Waals surface area contributed by atoms with E-state index in [1.807, 2.05) is 31.2 Å². The second-order valence-corrected chi connectivity index (χ2v) is 5.39. The minimum absolute atomic E-state index is 0.100. The summed E-state index contributed by atoms with van der Waals surface area (Å²) in [6, 6.07) is 7.59. The Labute approximate surface area is 120 Å². The first-order valence-corrected chi connectivity index (χ1v) is 7.45. The van der Waals surface area contributed by atoms with E-state index in [0.717, 1.165) is 24.1 Å². The maximum Gasteiger partial charge on any atom is 0.253 e. The van der Waals surface area contributed by atoms with Gasteiger partial charge in [-0.05, 0) is 31.4 Å². The predicted molar refractivity (Wildman–Crippen MR) is 80.4 cm³/mol. The first-order chi connectivity index (χ1) is 9.70. The normalized spacial score (nSPS) is 17.7. The van der Waals surface area contributed by atoms with Crippen molar-refractivity contribution in [2.45, 2.75) is 57.8 Å². The molecule has 3 N–H and O–H groups in total. The Hall–Kier alpha value is -1.39. The number of carbonyl (C=O) groups is 1. The van der Waals surface area contributed by atoms with Crippen molar-refractivity contribution < 1.29 is 9.53 Å². The number of hydrogen-bond acceptors (Lipinski definition) is 3. The Bertz CT molecular complexity index is 442. The van der Waals surface area contributed by atoms with Crippen LogP contribution in [-0.2, 0) is 16.1 Å². The van der Waals surface area contributed by atoms with Crippen molar-refractivity contribution in [1.82, 2.24) is 0 Å². The molecule has 0 aromatic heterocycles. The first kappa shape index (κ1) is 15.0. The summed E-state index contributed by atoms with van der Waals surface area (Å²) < 4.78 is 5.86. The minimum Gasteiger partial charge on any atom is -0.365 e. The molecule has 1 aromatic carbocycles. The summed E-state index contributed by atoms with van der Waals surface area (Å²) >= 11 is 0. The molecule has 0 aliphatic heterocycles. The molecule has 110 valence electrons. The van der Waals surface area contributed by atoms with E-state index in [2.05, 4.69) is 5.32 Å². The number of anilines is 1. The molecule has 1 aliphatic rings. The van der Waals surface area contributed by atoms with Crippen LogP contribution in [0.3, 0.4) is 0 Å². The zero-order valence-corrected chi connectivity index (χ0v) is 12.1. The second kappa shape index (κ2) is 7.41. The Morgan fingerprint density at radius 3 is 2.75 bits per heavy atom. The summed E-state index contributed by atoms with van der Waals surface area (Å²) in [4.78, 5) is 12.2. The monoisotopic (exact) mass is 276 g/mol. The van der Waals surface area contributed by atoms with Gasteiger partial charge in [0.15, 0.2) is 0 Å². The van der Waals surface area contributed by atoms with Crippen molar-refractivity contribution in [2.24, 2.45) is 5.73 Å². The second-order valence-electron chi connectivity index (χ2n) is 5.39. The fourth-order valence-electron chi connectivity index (χ4n) is 2.61. The van der Waals surface area contributed by atoms with Crippen LogP contribution in [0.2, 0.25) is 0 Å². The molecular formula is C16H24N2O2. The van der Waals surface area contributed by atoms with Gasteiger partial charge in [0.25, 0.3) is 5.91 Å². The highest BCUT2D eigenvalue weighted by Gasteiger charge is 2.21. The van der Waals surface area contributed by atoms with Crippen molar-refractivity contribution in [3.05, 3.63) is 29.8 Å². The minimum atomic E-state index is -0.427. The lowest BCUT2D eigenvalue weighted by Crippen LogP contribution is -2.32. The standard InChI is InChI=1S/C16H24N2O2/c1-12(20-14-8-3-2-4-9-14)16(19)18-15-10-6-5-7-13(15)11-17/h5-7,10,12,14H,2-4,8-9,11,17H2,1H3,(H,18,19). The average molecular weight is 276 g/mol. The maximum atomic E-state index is 12.2. The fourth-order valence-corrected chi connectivity index (χ4v) is 2.61. The van der Waals surface area contributed by atoms with Crippen molar-refractivity contribution in [3.8, 4) is 0 Å². The lowest BCUT2D eigenvalue weighted by Gasteiger charge is -2.25. The number of ether oxygens (including phenoxy) is 1. The van der Waals surface area contributed by atoms with Gasteiger partial charge in [-0.2, -0.15) is 0 Å².